The predicted octanol–water partition coefficient (Wildman–Crippen LogP) is 0.237. The van der Waals surface area contributed by atoms with Crippen LogP contribution in [0.25, 0.3) is 0 Å². The maximum Gasteiger partial charge on any atom is 0.272 e. The van der Waals surface area contributed by atoms with Crippen molar-refractivity contribution < 1.29 is 4.79 Å². The minimum atomic E-state index is -0.322. The average molecular weight is 206 g/mol. The molecule has 1 amide bonds. The van der Waals surface area contributed by atoms with Crippen LogP contribution in [0.1, 0.15) is 24.3 Å². The van der Waals surface area contributed by atoms with Crippen molar-refractivity contribution >= 4 is 11.6 Å². The molecule has 0 saturated carbocycles. The standard InChI is InChI=1S/C10H14N4O/c1-4-7(3)13-10(15)9-8(11)6-12-14(9)5-2/h1,6-7H,5,11H2,2-3H3,(H,13,15). The summed E-state index contributed by atoms with van der Waals surface area (Å²) in [4.78, 5) is 11.7. The van der Waals surface area contributed by atoms with Crippen molar-refractivity contribution in [2.24, 2.45) is 0 Å². The van der Waals surface area contributed by atoms with Crippen LogP contribution in [-0.2, 0) is 6.54 Å². The van der Waals surface area contributed by atoms with Crippen LogP contribution in [0.3, 0.4) is 0 Å². The molecule has 0 spiro atoms. The van der Waals surface area contributed by atoms with E-state index in [9.17, 15) is 4.79 Å². The molecule has 5 heteroatoms. The van der Waals surface area contributed by atoms with Gasteiger partial charge in [0.15, 0.2) is 0 Å². The van der Waals surface area contributed by atoms with Gasteiger partial charge in [-0.15, -0.1) is 6.42 Å². The molecule has 0 saturated heterocycles. The Morgan fingerprint density at radius 3 is 3.07 bits per heavy atom. The number of hydrogen-bond acceptors (Lipinski definition) is 3. The van der Waals surface area contributed by atoms with Crippen molar-refractivity contribution in [1.29, 1.82) is 0 Å². The summed E-state index contributed by atoms with van der Waals surface area (Å²) in [5, 5.41) is 6.60. The Morgan fingerprint density at radius 1 is 1.87 bits per heavy atom. The lowest BCUT2D eigenvalue weighted by molar-refractivity contribution is 0.0938. The van der Waals surface area contributed by atoms with E-state index in [0.717, 1.165) is 0 Å². The van der Waals surface area contributed by atoms with Gasteiger partial charge in [-0.1, -0.05) is 5.92 Å². The van der Waals surface area contributed by atoms with Crippen LogP contribution in [0, 0.1) is 12.3 Å². The smallest absolute Gasteiger partial charge is 0.272 e. The van der Waals surface area contributed by atoms with Gasteiger partial charge in [-0.2, -0.15) is 5.10 Å². The number of aromatic nitrogens is 2. The quantitative estimate of drug-likeness (QED) is 0.696. The van der Waals surface area contributed by atoms with Crippen molar-refractivity contribution in [3.8, 4) is 12.3 Å². The first-order valence-electron chi connectivity index (χ1n) is 4.68. The van der Waals surface area contributed by atoms with Gasteiger partial charge in [0.1, 0.15) is 5.69 Å². The zero-order valence-corrected chi connectivity index (χ0v) is 8.82. The van der Waals surface area contributed by atoms with E-state index in [2.05, 4.69) is 16.3 Å². The van der Waals surface area contributed by atoms with Crippen molar-refractivity contribution in [2.45, 2.75) is 26.4 Å². The summed E-state index contributed by atoms with van der Waals surface area (Å²) in [6, 6.07) is -0.322. The van der Waals surface area contributed by atoms with Gasteiger partial charge in [0.25, 0.3) is 5.91 Å². The molecule has 1 aromatic heterocycles. The number of nitrogens with zero attached hydrogens (tertiary/aromatic N) is 2. The first-order valence-corrected chi connectivity index (χ1v) is 4.68. The average Bonchev–Trinajstić information content (AvgIpc) is 2.59. The number of nitrogen functional groups attached to an aromatic ring is 1. The number of nitrogens with one attached hydrogen (secondary N) is 1. The van der Waals surface area contributed by atoms with Gasteiger partial charge in [-0.25, -0.2) is 0 Å². The molecule has 0 aliphatic rings. The number of amides is 1. The van der Waals surface area contributed by atoms with E-state index in [1.165, 1.54) is 10.9 Å². The molecule has 1 unspecified atom stereocenters. The summed E-state index contributed by atoms with van der Waals surface area (Å²) in [5.74, 6) is 2.12. The fourth-order valence-electron chi connectivity index (χ4n) is 1.19. The number of terminal acetylenes is 1. The zero-order valence-electron chi connectivity index (χ0n) is 8.82. The second-order valence-corrected chi connectivity index (χ2v) is 3.13. The maximum absolute atomic E-state index is 11.7. The first kappa shape index (κ1) is 11.1. The van der Waals surface area contributed by atoms with Gasteiger partial charge < -0.3 is 11.1 Å². The minimum Gasteiger partial charge on any atom is -0.396 e. The van der Waals surface area contributed by atoms with Crippen molar-refractivity contribution in [1.82, 2.24) is 15.1 Å². The molecule has 0 bridgehead atoms. The lowest BCUT2D eigenvalue weighted by atomic mass is 10.3. The molecule has 0 aliphatic heterocycles. The van der Waals surface area contributed by atoms with E-state index in [-0.39, 0.29) is 11.9 Å². The van der Waals surface area contributed by atoms with Crippen molar-refractivity contribution in [2.75, 3.05) is 5.73 Å². The van der Waals surface area contributed by atoms with E-state index in [1.807, 2.05) is 6.92 Å². The Balaban J connectivity index is 2.91. The molecule has 3 N–H and O–H groups in total. The maximum atomic E-state index is 11.7. The molecule has 0 aromatic carbocycles. The summed E-state index contributed by atoms with van der Waals surface area (Å²) < 4.78 is 1.54. The molecular formula is C10H14N4O. The Labute approximate surface area is 88.6 Å². The van der Waals surface area contributed by atoms with Gasteiger partial charge in [-0.3, -0.25) is 9.48 Å². The van der Waals surface area contributed by atoms with E-state index in [0.29, 0.717) is 17.9 Å². The molecule has 5 nitrogen and oxygen atoms in total. The molecule has 0 radical (unpaired) electrons. The van der Waals surface area contributed by atoms with Crippen LogP contribution < -0.4 is 11.1 Å². The molecule has 80 valence electrons. The lowest BCUT2D eigenvalue weighted by Crippen LogP contribution is -2.33. The third kappa shape index (κ3) is 2.29. The highest BCUT2D eigenvalue weighted by Crippen LogP contribution is 2.10. The van der Waals surface area contributed by atoms with Crippen LogP contribution in [-0.4, -0.2) is 21.7 Å². The summed E-state index contributed by atoms with van der Waals surface area (Å²) in [7, 11) is 0. The van der Waals surface area contributed by atoms with Crippen LogP contribution in [0.2, 0.25) is 0 Å². The number of hydrogen-bond donors (Lipinski definition) is 2. The number of rotatable bonds is 3. The third-order valence-electron chi connectivity index (χ3n) is 1.98. The van der Waals surface area contributed by atoms with Crippen molar-refractivity contribution in [3.05, 3.63) is 11.9 Å². The summed E-state index contributed by atoms with van der Waals surface area (Å²) in [5.41, 5.74) is 6.36. The summed E-state index contributed by atoms with van der Waals surface area (Å²) in [6.07, 6.45) is 6.62. The Morgan fingerprint density at radius 2 is 2.53 bits per heavy atom. The number of carbonyl (C=O) groups excluding carboxylic acids is 1. The van der Waals surface area contributed by atoms with E-state index in [4.69, 9.17) is 12.2 Å². The predicted molar refractivity (Wildman–Crippen MR) is 58.1 cm³/mol. The largest absolute Gasteiger partial charge is 0.396 e. The molecule has 1 heterocycles. The van der Waals surface area contributed by atoms with Crippen LogP contribution in [0.5, 0.6) is 0 Å². The molecule has 0 aliphatic carbocycles. The second kappa shape index (κ2) is 4.51. The highest BCUT2D eigenvalue weighted by Gasteiger charge is 2.16. The minimum absolute atomic E-state index is 0.294. The Hall–Kier alpha value is -1.96. The highest BCUT2D eigenvalue weighted by molar-refractivity contribution is 5.97. The first-order chi connectivity index (χ1) is 7.10. The van der Waals surface area contributed by atoms with Crippen molar-refractivity contribution in [3.63, 3.8) is 0 Å². The van der Waals surface area contributed by atoms with Crippen LogP contribution in [0.4, 0.5) is 5.69 Å². The number of nitrogens with two attached hydrogens (primary N) is 1. The molecule has 1 atom stereocenters. The normalized spacial score (nSPS) is 11.8. The number of carbonyl (C=O) groups is 1. The van der Waals surface area contributed by atoms with Crippen LogP contribution in [0.15, 0.2) is 6.20 Å². The Kier molecular flexibility index (Phi) is 3.34. The summed E-state index contributed by atoms with van der Waals surface area (Å²) in [6.45, 7) is 4.19. The second-order valence-electron chi connectivity index (χ2n) is 3.13. The van der Waals surface area contributed by atoms with E-state index >= 15 is 0 Å². The monoisotopic (exact) mass is 206 g/mol. The molecule has 1 rings (SSSR count). The topological polar surface area (TPSA) is 72.9 Å². The molecule has 1 aromatic rings. The Bertz CT molecular complexity index is 402. The molecule has 0 fully saturated rings. The van der Waals surface area contributed by atoms with Crippen LogP contribution >= 0.6 is 0 Å². The lowest BCUT2D eigenvalue weighted by Gasteiger charge is -2.09. The molecule has 15 heavy (non-hydrogen) atoms. The SMILES string of the molecule is C#CC(C)NC(=O)c1c(N)cnn1CC. The number of anilines is 1. The highest BCUT2D eigenvalue weighted by atomic mass is 16.2. The van der Waals surface area contributed by atoms with Gasteiger partial charge >= 0.3 is 0 Å². The van der Waals surface area contributed by atoms with E-state index < -0.39 is 0 Å². The van der Waals surface area contributed by atoms with Gasteiger partial charge in [-0.05, 0) is 13.8 Å². The van der Waals surface area contributed by atoms with Gasteiger partial charge in [0.05, 0.1) is 17.9 Å². The molecular weight excluding hydrogens is 192 g/mol. The summed E-state index contributed by atoms with van der Waals surface area (Å²) >= 11 is 0. The van der Waals surface area contributed by atoms with E-state index in [1.54, 1.807) is 6.92 Å². The van der Waals surface area contributed by atoms with Gasteiger partial charge in [0, 0.05) is 6.54 Å². The third-order valence-corrected chi connectivity index (χ3v) is 1.98. The fourth-order valence-corrected chi connectivity index (χ4v) is 1.19. The fraction of sp³-hybridized carbons (Fsp3) is 0.400. The number of aryl methyl sites for hydroxylation is 1. The zero-order chi connectivity index (χ0) is 11.4. The van der Waals surface area contributed by atoms with Gasteiger partial charge in [0.2, 0.25) is 0 Å².